The van der Waals surface area contributed by atoms with E-state index in [0.29, 0.717) is 17.7 Å². The number of nitriles is 1. The smallest absolute Gasteiger partial charge is 0.216 e. The summed E-state index contributed by atoms with van der Waals surface area (Å²) in [4.78, 5) is 0. The Balaban J connectivity index is 1.97. The standard InChI is InChI=1S/C14H18N2O3S/c1-11(14-3-2-8-19-14)16-20(17,18)10-13-6-4-12(9-15)5-7-13/h4-7,11,14,16H,2-3,8,10H2,1H3. The van der Waals surface area contributed by atoms with Crippen molar-refractivity contribution < 1.29 is 13.2 Å². The van der Waals surface area contributed by atoms with Crippen LogP contribution in [-0.4, -0.2) is 27.2 Å². The quantitative estimate of drug-likeness (QED) is 0.893. The highest BCUT2D eigenvalue weighted by atomic mass is 32.2. The molecule has 0 amide bonds. The minimum absolute atomic E-state index is 0.0364. The molecule has 108 valence electrons. The fraction of sp³-hybridized carbons (Fsp3) is 0.500. The number of nitrogens with one attached hydrogen (secondary N) is 1. The number of rotatable bonds is 5. The number of hydrogen-bond acceptors (Lipinski definition) is 4. The molecular formula is C14H18N2O3S. The van der Waals surface area contributed by atoms with Crippen LogP contribution in [0.1, 0.15) is 30.9 Å². The summed E-state index contributed by atoms with van der Waals surface area (Å²) >= 11 is 0. The van der Waals surface area contributed by atoms with Gasteiger partial charge in [0.1, 0.15) is 0 Å². The molecule has 1 heterocycles. The van der Waals surface area contributed by atoms with Gasteiger partial charge in [0.2, 0.25) is 10.0 Å². The van der Waals surface area contributed by atoms with Crippen molar-refractivity contribution in [1.82, 2.24) is 4.72 Å². The SMILES string of the molecule is CC(NS(=O)(=O)Cc1ccc(C#N)cc1)C1CCCO1. The van der Waals surface area contributed by atoms with E-state index < -0.39 is 10.0 Å². The first-order chi connectivity index (χ1) is 9.50. The second-order valence-corrected chi connectivity index (χ2v) is 6.78. The molecule has 1 N–H and O–H groups in total. The van der Waals surface area contributed by atoms with Gasteiger partial charge in [-0.3, -0.25) is 0 Å². The van der Waals surface area contributed by atoms with Crippen LogP contribution in [0.25, 0.3) is 0 Å². The van der Waals surface area contributed by atoms with E-state index in [1.807, 2.05) is 13.0 Å². The van der Waals surface area contributed by atoms with Gasteiger partial charge < -0.3 is 4.74 Å². The third-order valence-corrected chi connectivity index (χ3v) is 4.77. The van der Waals surface area contributed by atoms with Crippen LogP contribution in [-0.2, 0) is 20.5 Å². The molecule has 0 aliphatic carbocycles. The number of ether oxygens (including phenoxy) is 1. The Bertz CT molecular complexity index is 584. The summed E-state index contributed by atoms with van der Waals surface area (Å²) < 4.78 is 32.3. The Hall–Kier alpha value is -1.42. The van der Waals surface area contributed by atoms with Gasteiger partial charge >= 0.3 is 0 Å². The summed E-state index contributed by atoms with van der Waals surface area (Å²) in [6.45, 7) is 2.53. The summed E-state index contributed by atoms with van der Waals surface area (Å²) in [7, 11) is -3.40. The van der Waals surface area contributed by atoms with E-state index in [0.717, 1.165) is 12.8 Å². The maximum Gasteiger partial charge on any atom is 0.216 e. The Kier molecular flexibility index (Phi) is 4.76. The third kappa shape index (κ3) is 4.04. The maximum absolute atomic E-state index is 12.1. The van der Waals surface area contributed by atoms with Gasteiger partial charge in [-0.2, -0.15) is 5.26 Å². The average molecular weight is 294 g/mol. The zero-order chi connectivity index (χ0) is 14.6. The van der Waals surface area contributed by atoms with Gasteiger partial charge in [0, 0.05) is 12.6 Å². The summed E-state index contributed by atoms with van der Waals surface area (Å²) in [5.74, 6) is -0.0875. The second-order valence-electron chi connectivity index (χ2n) is 5.03. The van der Waals surface area contributed by atoms with Crippen LogP contribution in [0.3, 0.4) is 0 Å². The highest BCUT2D eigenvalue weighted by Gasteiger charge is 2.26. The predicted molar refractivity (Wildman–Crippen MR) is 75.4 cm³/mol. The predicted octanol–water partition coefficient (Wildman–Crippen LogP) is 1.55. The lowest BCUT2D eigenvalue weighted by atomic mass is 10.1. The maximum atomic E-state index is 12.1. The van der Waals surface area contributed by atoms with E-state index >= 15 is 0 Å². The van der Waals surface area contributed by atoms with Gasteiger partial charge in [-0.05, 0) is 37.5 Å². The number of hydrogen-bond donors (Lipinski definition) is 1. The van der Waals surface area contributed by atoms with E-state index in [-0.39, 0.29) is 17.9 Å². The normalized spacial score (nSPS) is 20.5. The molecule has 6 heteroatoms. The van der Waals surface area contributed by atoms with Crippen molar-refractivity contribution in [2.45, 2.75) is 37.7 Å². The first-order valence-corrected chi connectivity index (χ1v) is 8.26. The monoisotopic (exact) mass is 294 g/mol. The van der Waals surface area contributed by atoms with E-state index in [1.54, 1.807) is 24.3 Å². The van der Waals surface area contributed by atoms with Gasteiger partial charge in [-0.25, -0.2) is 13.1 Å². The molecule has 0 aromatic heterocycles. The fourth-order valence-corrected chi connectivity index (χ4v) is 3.73. The van der Waals surface area contributed by atoms with E-state index in [9.17, 15) is 8.42 Å². The lowest BCUT2D eigenvalue weighted by Crippen LogP contribution is -2.41. The van der Waals surface area contributed by atoms with Crippen LogP contribution >= 0.6 is 0 Å². The molecule has 0 saturated carbocycles. The molecule has 0 bridgehead atoms. The summed E-state index contributed by atoms with van der Waals surface area (Å²) in [5, 5.41) is 8.71. The Labute approximate surface area is 119 Å². The van der Waals surface area contributed by atoms with Gasteiger partial charge in [-0.15, -0.1) is 0 Å². The Morgan fingerprint density at radius 1 is 1.45 bits per heavy atom. The molecule has 20 heavy (non-hydrogen) atoms. The Morgan fingerprint density at radius 2 is 2.15 bits per heavy atom. The van der Waals surface area contributed by atoms with Crippen molar-refractivity contribution in [1.29, 1.82) is 5.26 Å². The zero-order valence-corrected chi connectivity index (χ0v) is 12.2. The average Bonchev–Trinajstić information content (AvgIpc) is 2.92. The van der Waals surface area contributed by atoms with Crippen LogP contribution in [0.2, 0.25) is 0 Å². The highest BCUT2D eigenvalue weighted by Crippen LogP contribution is 2.16. The highest BCUT2D eigenvalue weighted by molar-refractivity contribution is 7.88. The molecule has 2 atom stereocenters. The lowest BCUT2D eigenvalue weighted by molar-refractivity contribution is 0.0902. The molecule has 1 aliphatic rings. The first kappa shape index (κ1) is 15.0. The molecule has 5 nitrogen and oxygen atoms in total. The first-order valence-electron chi connectivity index (χ1n) is 6.61. The van der Waals surface area contributed by atoms with Crippen molar-refractivity contribution >= 4 is 10.0 Å². The van der Waals surface area contributed by atoms with Crippen molar-refractivity contribution in [3.63, 3.8) is 0 Å². The van der Waals surface area contributed by atoms with E-state index in [1.165, 1.54) is 0 Å². The largest absolute Gasteiger partial charge is 0.377 e. The minimum atomic E-state index is -3.40. The number of sulfonamides is 1. The zero-order valence-electron chi connectivity index (χ0n) is 11.4. The lowest BCUT2D eigenvalue weighted by Gasteiger charge is -2.19. The van der Waals surface area contributed by atoms with Crippen LogP contribution in [0, 0.1) is 11.3 Å². The second kappa shape index (κ2) is 6.35. The summed E-state index contributed by atoms with van der Waals surface area (Å²) in [6, 6.07) is 8.34. The van der Waals surface area contributed by atoms with Gasteiger partial charge in [-0.1, -0.05) is 12.1 Å². The molecular weight excluding hydrogens is 276 g/mol. The van der Waals surface area contributed by atoms with Crippen LogP contribution in [0.4, 0.5) is 0 Å². The van der Waals surface area contributed by atoms with Gasteiger partial charge in [0.15, 0.2) is 0 Å². The molecule has 1 aromatic carbocycles. The van der Waals surface area contributed by atoms with E-state index in [2.05, 4.69) is 4.72 Å². The molecule has 1 aromatic rings. The molecule has 1 fully saturated rings. The fourth-order valence-electron chi connectivity index (χ4n) is 2.29. The third-order valence-electron chi connectivity index (χ3n) is 3.33. The van der Waals surface area contributed by atoms with Crippen molar-refractivity contribution in [2.24, 2.45) is 0 Å². The topological polar surface area (TPSA) is 79.2 Å². The van der Waals surface area contributed by atoms with Crippen LogP contribution < -0.4 is 4.72 Å². The number of nitrogens with zero attached hydrogens (tertiary/aromatic N) is 1. The Morgan fingerprint density at radius 3 is 2.70 bits per heavy atom. The summed E-state index contributed by atoms with van der Waals surface area (Å²) in [5.41, 5.74) is 1.18. The van der Waals surface area contributed by atoms with Gasteiger partial charge in [0.05, 0.1) is 23.5 Å². The molecule has 1 aliphatic heterocycles. The minimum Gasteiger partial charge on any atom is -0.377 e. The van der Waals surface area contributed by atoms with Crippen molar-refractivity contribution in [2.75, 3.05) is 6.61 Å². The molecule has 2 unspecified atom stereocenters. The van der Waals surface area contributed by atoms with Crippen molar-refractivity contribution in [3.05, 3.63) is 35.4 Å². The molecule has 1 saturated heterocycles. The van der Waals surface area contributed by atoms with Crippen LogP contribution in [0.15, 0.2) is 24.3 Å². The number of benzene rings is 1. The van der Waals surface area contributed by atoms with Gasteiger partial charge in [0.25, 0.3) is 0 Å². The van der Waals surface area contributed by atoms with E-state index in [4.69, 9.17) is 10.00 Å². The summed E-state index contributed by atoms with van der Waals surface area (Å²) in [6.07, 6.45) is 1.83. The molecule has 0 spiro atoms. The molecule has 0 radical (unpaired) electrons. The van der Waals surface area contributed by atoms with Crippen LogP contribution in [0.5, 0.6) is 0 Å². The van der Waals surface area contributed by atoms with Crippen molar-refractivity contribution in [3.8, 4) is 6.07 Å². The molecule has 2 rings (SSSR count).